The zero-order chi connectivity index (χ0) is 17.5. The summed E-state index contributed by atoms with van der Waals surface area (Å²) in [6.07, 6.45) is 0.248. The second-order valence-corrected chi connectivity index (χ2v) is 6.70. The van der Waals surface area contributed by atoms with Gasteiger partial charge in [0.2, 0.25) is 0 Å². The molecule has 3 nitrogen and oxygen atoms in total. The molecule has 2 aromatic rings. The van der Waals surface area contributed by atoms with Crippen molar-refractivity contribution in [2.45, 2.75) is 39.3 Å². The lowest BCUT2D eigenvalue weighted by Gasteiger charge is -2.23. The second-order valence-electron chi connectivity index (χ2n) is 6.29. The van der Waals surface area contributed by atoms with Crippen molar-refractivity contribution in [3.05, 3.63) is 65.2 Å². The van der Waals surface area contributed by atoms with Gasteiger partial charge < -0.3 is 10.1 Å². The molecule has 24 heavy (non-hydrogen) atoms. The number of carbonyl (C=O) groups excluding carboxylic acids is 1. The van der Waals surface area contributed by atoms with E-state index >= 15 is 0 Å². The third-order valence-electron chi connectivity index (χ3n) is 3.74. The van der Waals surface area contributed by atoms with Crippen LogP contribution in [0.5, 0.6) is 5.75 Å². The first-order chi connectivity index (χ1) is 11.5. The summed E-state index contributed by atoms with van der Waals surface area (Å²) >= 11 is 6.09. The van der Waals surface area contributed by atoms with E-state index in [9.17, 15) is 4.79 Å². The second kappa shape index (κ2) is 8.74. The van der Waals surface area contributed by atoms with Gasteiger partial charge in [-0.25, -0.2) is 0 Å². The number of amides is 1. The number of hydrogen-bond donors (Lipinski definition) is 1. The van der Waals surface area contributed by atoms with E-state index in [-0.39, 0.29) is 11.9 Å². The van der Waals surface area contributed by atoms with E-state index in [1.807, 2.05) is 42.5 Å². The van der Waals surface area contributed by atoms with Gasteiger partial charge in [-0.3, -0.25) is 4.79 Å². The maximum absolute atomic E-state index is 12.5. The lowest BCUT2D eigenvalue weighted by Crippen LogP contribution is -2.39. The van der Waals surface area contributed by atoms with E-state index in [0.29, 0.717) is 16.7 Å². The first-order valence-corrected chi connectivity index (χ1v) is 8.61. The molecule has 128 valence electrons. The molecule has 0 fully saturated rings. The van der Waals surface area contributed by atoms with Gasteiger partial charge in [-0.15, -0.1) is 0 Å². The van der Waals surface area contributed by atoms with Gasteiger partial charge in [-0.2, -0.15) is 0 Å². The molecule has 2 aromatic carbocycles. The van der Waals surface area contributed by atoms with E-state index in [1.165, 1.54) is 0 Å². The van der Waals surface area contributed by atoms with E-state index in [2.05, 4.69) is 19.2 Å². The first-order valence-electron chi connectivity index (χ1n) is 8.24. The number of benzene rings is 2. The predicted molar refractivity (Wildman–Crippen MR) is 98.3 cm³/mol. The number of hydrogen-bond acceptors (Lipinski definition) is 2. The molecule has 2 rings (SSSR count). The first kappa shape index (κ1) is 18.3. The number of nitrogens with one attached hydrogen (secondary N) is 1. The summed E-state index contributed by atoms with van der Waals surface area (Å²) in [7, 11) is 0. The van der Waals surface area contributed by atoms with Gasteiger partial charge in [-0.1, -0.05) is 67.9 Å². The van der Waals surface area contributed by atoms with Crippen LogP contribution >= 0.6 is 11.6 Å². The standard InChI is InChI=1S/C20H24ClNO2/c1-14(2)13-18(16-9-5-4-6-10-16)22-20(23)15(3)24-19-12-8-7-11-17(19)21/h4-12,14-15,18H,13H2,1-3H3,(H,22,23). The van der Waals surface area contributed by atoms with Crippen molar-refractivity contribution in [2.24, 2.45) is 5.92 Å². The largest absolute Gasteiger partial charge is 0.479 e. The van der Waals surface area contributed by atoms with Crippen LogP contribution < -0.4 is 10.1 Å². The highest BCUT2D eigenvalue weighted by Crippen LogP contribution is 2.25. The molecule has 0 radical (unpaired) electrons. The van der Waals surface area contributed by atoms with E-state index in [4.69, 9.17) is 16.3 Å². The highest BCUT2D eigenvalue weighted by Gasteiger charge is 2.21. The summed E-state index contributed by atoms with van der Waals surface area (Å²) in [6, 6.07) is 17.1. The number of rotatable bonds is 7. The number of carbonyl (C=O) groups is 1. The molecule has 0 aromatic heterocycles. The van der Waals surface area contributed by atoms with Crippen LogP contribution in [0.25, 0.3) is 0 Å². The van der Waals surface area contributed by atoms with Gasteiger partial charge in [0.1, 0.15) is 5.75 Å². The van der Waals surface area contributed by atoms with Crippen LogP contribution in [0.15, 0.2) is 54.6 Å². The highest BCUT2D eigenvalue weighted by molar-refractivity contribution is 6.32. The monoisotopic (exact) mass is 345 g/mol. The quantitative estimate of drug-likeness (QED) is 0.765. The normalized spacial score (nSPS) is 13.4. The molecule has 1 N–H and O–H groups in total. The SMILES string of the molecule is CC(C)CC(NC(=O)C(C)Oc1ccccc1Cl)c1ccccc1. The fourth-order valence-electron chi connectivity index (χ4n) is 2.51. The Morgan fingerprint density at radius 3 is 2.29 bits per heavy atom. The summed E-state index contributed by atoms with van der Waals surface area (Å²) in [4.78, 5) is 12.5. The molecule has 2 atom stereocenters. The summed E-state index contributed by atoms with van der Waals surface area (Å²) in [5, 5.41) is 3.60. The zero-order valence-electron chi connectivity index (χ0n) is 14.3. The Balaban J connectivity index is 2.05. The topological polar surface area (TPSA) is 38.3 Å². The Bertz CT molecular complexity index is 658. The molecule has 2 unspecified atom stereocenters. The van der Waals surface area contributed by atoms with Gasteiger partial charge in [0.05, 0.1) is 11.1 Å². The predicted octanol–water partition coefficient (Wildman–Crippen LogP) is 5.01. The van der Waals surface area contributed by atoms with E-state index in [0.717, 1.165) is 12.0 Å². The van der Waals surface area contributed by atoms with Crippen LogP contribution in [-0.2, 0) is 4.79 Å². The maximum atomic E-state index is 12.5. The molecule has 0 aliphatic rings. The molecule has 0 aliphatic heterocycles. The molecule has 0 saturated carbocycles. The Kier molecular flexibility index (Phi) is 6.68. The minimum absolute atomic E-state index is 0.0315. The van der Waals surface area contributed by atoms with Gasteiger partial charge in [0.25, 0.3) is 5.91 Å². The van der Waals surface area contributed by atoms with Crippen LogP contribution in [0.1, 0.15) is 38.8 Å². The van der Waals surface area contributed by atoms with Crippen molar-refractivity contribution in [3.63, 3.8) is 0 Å². The third kappa shape index (κ3) is 5.27. The molecule has 0 spiro atoms. The van der Waals surface area contributed by atoms with Crippen molar-refractivity contribution >= 4 is 17.5 Å². The third-order valence-corrected chi connectivity index (χ3v) is 4.05. The van der Waals surface area contributed by atoms with Crippen LogP contribution in [0.4, 0.5) is 0 Å². The van der Waals surface area contributed by atoms with Crippen LogP contribution in [0.2, 0.25) is 5.02 Å². The number of ether oxygens (including phenoxy) is 1. The average molecular weight is 346 g/mol. The van der Waals surface area contributed by atoms with Crippen molar-refractivity contribution in [2.75, 3.05) is 0 Å². The van der Waals surface area contributed by atoms with Crippen LogP contribution in [-0.4, -0.2) is 12.0 Å². The average Bonchev–Trinajstić information content (AvgIpc) is 2.56. The fraction of sp³-hybridized carbons (Fsp3) is 0.350. The lowest BCUT2D eigenvalue weighted by molar-refractivity contribution is -0.128. The van der Waals surface area contributed by atoms with E-state index in [1.54, 1.807) is 19.1 Å². The maximum Gasteiger partial charge on any atom is 0.261 e. The van der Waals surface area contributed by atoms with Gasteiger partial charge in [-0.05, 0) is 37.0 Å². The van der Waals surface area contributed by atoms with Crippen molar-refractivity contribution in [3.8, 4) is 5.75 Å². The molecule has 0 bridgehead atoms. The van der Waals surface area contributed by atoms with Gasteiger partial charge in [0.15, 0.2) is 6.10 Å². The Morgan fingerprint density at radius 2 is 1.67 bits per heavy atom. The summed E-state index contributed by atoms with van der Waals surface area (Å²) in [5.41, 5.74) is 1.10. The fourth-order valence-corrected chi connectivity index (χ4v) is 2.69. The minimum atomic E-state index is -0.622. The molecule has 4 heteroatoms. The minimum Gasteiger partial charge on any atom is -0.479 e. The lowest BCUT2D eigenvalue weighted by atomic mass is 9.97. The molecule has 0 aliphatic carbocycles. The van der Waals surface area contributed by atoms with Crippen molar-refractivity contribution < 1.29 is 9.53 Å². The Morgan fingerprint density at radius 1 is 1.04 bits per heavy atom. The summed E-state index contributed by atoms with van der Waals surface area (Å²) in [6.45, 7) is 6.02. The number of para-hydroxylation sites is 1. The number of halogens is 1. The molecule has 0 heterocycles. The molecule has 0 saturated heterocycles. The molecule has 1 amide bonds. The van der Waals surface area contributed by atoms with Crippen molar-refractivity contribution in [1.82, 2.24) is 5.32 Å². The van der Waals surface area contributed by atoms with Gasteiger partial charge in [0, 0.05) is 0 Å². The van der Waals surface area contributed by atoms with Gasteiger partial charge >= 0.3 is 0 Å². The smallest absolute Gasteiger partial charge is 0.261 e. The van der Waals surface area contributed by atoms with Crippen LogP contribution in [0.3, 0.4) is 0 Å². The summed E-state index contributed by atoms with van der Waals surface area (Å²) < 4.78 is 5.70. The highest BCUT2D eigenvalue weighted by atomic mass is 35.5. The summed E-state index contributed by atoms with van der Waals surface area (Å²) in [5.74, 6) is 0.835. The Hall–Kier alpha value is -2.00. The van der Waals surface area contributed by atoms with Crippen molar-refractivity contribution in [1.29, 1.82) is 0 Å². The van der Waals surface area contributed by atoms with E-state index < -0.39 is 6.10 Å². The van der Waals surface area contributed by atoms with Crippen LogP contribution in [0, 0.1) is 5.92 Å². The zero-order valence-corrected chi connectivity index (χ0v) is 15.1. The Labute approximate surface area is 149 Å². The molecular formula is C20H24ClNO2. The molecular weight excluding hydrogens is 322 g/mol.